The number of hydrogen-bond acceptors (Lipinski definition) is 1. The topological polar surface area (TPSA) is 12.2 Å². The zero-order chi connectivity index (χ0) is 24.3. The molecule has 2 aliphatic rings. The van der Waals surface area contributed by atoms with Crippen molar-refractivity contribution >= 4 is 17.0 Å². The second-order valence-electron chi connectivity index (χ2n) is 8.37. The maximum absolute atomic E-state index is 13.0. The lowest BCUT2D eigenvalue weighted by Gasteiger charge is -2.19. The van der Waals surface area contributed by atoms with E-state index in [-0.39, 0.29) is 0 Å². The third-order valence-corrected chi connectivity index (χ3v) is 5.54. The molecule has 0 fully saturated rings. The molecule has 0 bridgehead atoms. The minimum Gasteiger partial charge on any atom is -0.457 e. The average molecular weight is 461 g/mol. The first kappa shape index (κ1) is 23.3. The van der Waals surface area contributed by atoms with E-state index in [0.29, 0.717) is 17.1 Å². The molecule has 0 unspecified atom stereocenters. The fraction of sp³-hybridized carbons (Fsp3) is 0.138. The summed E-state index contributed by atoms with van der Waals surface area (Å²) in [5.41, 5.74) is 4.93. The maximum atomic E-state index is 13.0. The molecule has 5 heteroatoms. The quantitative estimate of drug-likeness (QED) is 0.444. The summed E-state index contributed by atoms with van der Waals surface area (Å²) >= 11 is 0. The van der Waals surface area contributed by atoms with Gasteiger partial charge in [0.2, 0.25) is 0 Å². The van der Waals surface area contributed by atoms with Gasteiger partial charge in [-0.15, -0.1) is 0 Å². The van der Waals surface area contributed by atoms with Crippen LogP contribution in [0.1, 0.15) is 22.3 Å². The lowest BCUT2D eigenvalue weighted by atomic mass is 9.99. The van der Waals surface area contributed by atoms with E-state index in [1.807, 2.05) is 98.5 Å². The summed E-state index contributed by atoms with van der Waals surface area (Å²) in [6, 6.07) is 13.1. The third kappa shape index (κ3) is 5.54. The van der Waals surface area contributed by atoms with Crippen LogP contribution in [0.3, 0.4) is 0 Å². The van der Waals surface area contributed by atoms with Gasteiger partial charge in [-0.25, -0.2) is 4.58 Å². The molecule has 0 saturated heterocycles. The Morgan fingerprint density at radius 1 is 0.765 bits per heavy atom. The molecule has 172 valence electrons. The van der Waals surface area contributed by atoms with Gasteiger partial charge >= 0.3 is 6.18 Å². The molecule has 0 spiro atoms. The number of rotatable bonds is 3. The Balaban J connectivity index is 1.70. The van der Waals surface area contributed by atoms with Crippen molar-refractivity contribution in [1.82, 2.24) is 0 Å². The highest BCUT2D eigenvalue weighted by Gasteiger charge is 2.30. The fourth-order valence-corrected chi connectivity index (χ4v) is 3.54. The van der Waals surface area contributed by atoms with Gasteiger partial charge in [-0.3, -0.25) is 0 Å². The molecule has 34 heavy (non-hydrogen) atoms. The monoisotopic (exact) mass is 460 g/mol. The highest BCUT2D eigenvalue weighted by molar-refractivity contribution is 6.02. The minimum atomic E-state index is -4.37. The summed E-state index contributed by atoms with van der Waals surface area (Å²) in [6.45, 7) is 2.01. The Kier molecular flexibility index (Phi) is 6.55. The van der Waals surface area contributed by atoms with Crippen LogP contribution in [-0.2, 0) is 10.9 Å². The lowest BCUT2D eigenvalue weighted by Crippen LogP contribution is -2.09. The van der Waals surface area contributed by atoms with E-state index in [4.69, 9.17) is 4.74 Å². The van der Waals surface area contributed by atoms with E-state index in [0.717, 1.165) is 40.1 Å². The molecule has 2 aromatic carbocycles. The molecule has 2 nitrogen and oxygen atoms in total. The van der Waals surface area contributed by atoms with Gasteiger partial charge in [-0.2, -0.15) is 13.2 Å². The smallest absolute Gasteiger partial charge is 0.416 e. The van der Waals surface area contributed by atoms with Crippen molar-refractivity contribution in [2.45, 2.75) is 13.1 Å². The van der Waals surface area contributed by atoms with Gasteiger partial charge in [-0.05, 0) is 66.1 Å². The molecule has 1 heterocycles. The lowest BCUT2D eigenvalue weighted by molar-refractivity contribution is -0.462. The molecule has 0 amide bonds. The SMILES string of the molecule is Cc1ccc(C2=CC(c3ccc(C(F)(F)F)cc3)=CC(=CC=C3C=CC(=[N+](C)C)C=C3)O2)cc1. The minimum absolute atomic E-state index is 0.602. The van der Waals surface area contributed by atoms with Gasteiger partial charge in [0.05, 0.1) is 5.56 Å². The van der Waals surface area contributed by atoms with Gasteiger partial charge in [0.25, 0.3) is 0 Å². The van der Waals surface area contributed by atoms with Crippen LogP contribution in [0.25, 0.3) is 11.3 Å². The van der Waals surface area contributed by atoms with Gasteiger partial charge in [0.15, 0.2) is 5.71 Å². The van der Waals surface area contributed by atoms with Gasteiger partial charge in [0.1, 0.15) is 25.6 Å². The first-order valence-corrected chi connectivity index (χ1v) is 10.9. The summed E-state index contributed by atoms with van der Waals surface area (Å²) < 4.78 is 47.2. The summed E-state index contributed by atoms with van der Waals surface area (Å²) in [4.78, 5) is 0. The number of nitrogens with zero attached hydrogens (tertiary/aromatic N) is 1. The first-order valence-electron chi connectivity index (χ1n) is 10.9. The number of alkyl halides is 3. The molecule has 2 aromatic rings. The molecule has 0 saturated carbocycles. The zero-order valence-corrected chi connectivity index (χ0v) is 19.2. The van der Waals surface area contributed by atoms with Crippen molar-refractivity contribution in [1.29, 1.82) is 0 Å². The van der Waals surface area contributed by atoms with Crippen LogP contribution >= 0.6 is 0 Å². The van der Waals surface area contributed by atoms with E-state index in [2.05, 4.69) is 0 Å². The van der Waals surface area contributed by atoms with E-state index < -0.39 is 11.7 Å². The van der Waals surface area contributed by atoms with E-state index in [1.165, 1.54) is 12.1 Å². The van der Waals surface area contributed by atoms with Crippen LogP contribution in [0.4, 0.5) is 13.2 Å². The van der Waals surface area contributed by atoms with Crippen LogP contribution in [0.15, 0.2) is 108 Å². The highest BCUT2D eigenvalue weighted by atomic mass is 19.4. The van der Waals surface area contributed by atoms with Crippen LogP contribution in [-0.4, -0.2) is 24.4 Å². The Morgan fingerprint density at radius 2 is 1.38 bits per heavy atom. The van der Waals surface area contributed by atoms with Crippen LogP contribution in [0.5, 0.6) is 0 Å². The Morgan fingerprint density at radius 3 is 1.97 bits per heavy atom. The summed E-state index contributed by atoms with van der Waals surface area (Å²) in [5.74, 6) is 1.24. The largest absolute Gasteiger partial charge is 0.457 e. The number of allylic oxidation sites excluding steroid dienone is 10. The maximum Gasteiger partial charge on any atom is 0.416 e. The van der Waals surface area contributed by atoms with Crippen molar-refractivity contribution < 1.29 is 22.5 Å². The number of hydrogen-bond donors (Lipinski definition) is 0. The van der Waals surface area contributed by atoms with Crippen LogP contribution in [0.2, 0.25) is 0 Å². The molecule has 0 aromatic heterocycles. The predicted octanol–water partition coefficient (Wildman–Crippen LogP) is 7.12. The van der Waals surface area contributed by atoms with E-state index >= 15 is 0 Å². The van der Waals surface area contributed by atoms with Gasteiger partial charge in [0, 0.05) is 17.7 Å². The molecule has 1 aliphatic heterocycles. The van der Waals surface area contributed by atoms with Crippen molar-refractivity contribution in [2.24, 2.45) is 0 Å². The molecular weight excluding hydrogens is 435 g/mol. The molecular formula is C29H25F3NO+. The highest BCUT2D eigenvalue weighted by Crippen LogP contribution is 2.34. The Hall–Kier alpha value is -3.86. The molecule has 0 atom stereocenters. The predicted molar refractivity (Wildman–Crippen MR) is 131 cm³/mol. The summed E-state index contributed by atoms with van der Waals surface area (Å²) in [6.07, 6.45) is 11.3. The second kappa shape index (κ2) is 9.56. The van der Waals surface area contributed by atoms with Crippen molar-refractivity contribution in [3.63, 3.8) is 0 Å². The second-order valence-corrected chi connectivity index (χ2v) is 8.37. The number of benzene rings is 2. The van der Waals surface area contributed by atoms with E-state index in [1.54, 1.807) is 0 Å². The van der Waals surface area contributed by atoms with Crippen molar-refractivity contribution in [3.05, 3.63) is 131 Å². The standard InChI is InChI=1S/C29H25F3NO/c1-20-4-9-23(10-5-20)28-19-24(22-11-13-25(14-12-22)29(30,31)32)18-27(34-28)17-8-21-6-15-26(16-7-21)33(2)3/h4-19H,1-3H3/q+1. The molecule has 1 aliphatic carbocycles. The number of halogens is 3. The zero-order valence-electron chi connectivity index (χ0n) is 19.2. The number of aryl methyl sites for hydroxylation is 1. The average Bonchev–Trinajstić information content (AvgIpc) is 2.83. The fourth-order valence-electron chi connectivity index (χ4n) is 3.54. The van der Waals surface area contributed by atoms with Gasteiger partial charge < -0.3 is 4.74 Å². The normalized spacial score (nSPS) is 16.8. The summed E-state index contributed by atoms with van der Waals surface area (Å²) in [5, 5.41) is 0. The third-order valence-electron chi connectivity index (χ3n) is 5.54. The molecule has 0 radical (unpaired) electrons. The Labute approximate surface area is 197 Å². The van der Waals surface area contributed by atoms with Crippen molar-refractivity contribution in [3.8, 4) is 0 Å². The van der Waals surface area contributed by atoms with E-state index in [9.17, 15) is 13.2 Å². The first-order chi connectivity index (χ1) is 16.2. The van der Waals surface area contributed by atoms with Crippen molar-refractivity contribution in [2.75, 3.05) is 14.1 Å². The molecule has 4 rings (SSSR count). The summed E-state index contributed by atoms with van der Waals surface area (Å²) in [7, 11) is 3.98. The molecule has 0 N–H and O–H groups in total. The van der Waals surface area contributed by atoms with Crippen LogP contribution in [0, 0.1) is 6.92 Å². The van der Waals surface area contributed by atoms with Crippen LogP contribution < -0.4 is 0 Å². The Bertz CT molecular complexity index is 1270. The number of ether oxygens (including phenoxy) is 1. The van der Waals surface area contributed by atoms with Gasteiger partial charge in [-0.1, -0.05) is 48.0 Å².